The van der Waals surface area contributed by atoms with Crippen LogP contribution in [0.4, 0.5) is 0 Å². The molecular weight excluding hydrogens is 300 g/mol. The predicted octanol–water partition coefficient (Wildman–Crippen LogP) is 3.24. The Morgan fingerprint density at radius 3 is 2.50 bits per heavy atom. The highest BCUT2D eigenvalue weighted by molar-refractivity contribution is 6.30. The molecule has 1 atom stereocenters. The van der Waals surface area contributed by atoms with Crippen molar-refractivity contribution in [2.24, 2.45) is 0 Å². The second-order valence-corrected chi connectivity index (χ2v) is 5.76. The van der Waals surface area contributed by atoms with E-state index in [2.05, 4.69) is 0 Å². The Labute approximate surface area is 134 Å². The van der Waals surface area contributed by atoms with Crippen LogP contribution in [0.15, 0.2) is 54.6 Å². The van der Waals surface area contributed by atoms with Crippen LogP contribution in [0.3, 0.4) is 0 Å². The molecule has 0 saturated carbocycles. The molecule has 2 aromatic rings. The van der Waals surface area contributed by atoms with Crippen LogP contribution in [0.25, 0.3) is 0 Å². The van der Waals surface area contributed by atoms with Gasteiger partial charge in [0.15, 0.2) is 0 Å². The van der Waals surface area contributed by atoms with E-state index < -0.39 is 0 Å². The third-order valence-electron chi connectivity index (χ3n) is 3.65. The maximum atomic E-state index is 12.2. The van der Waals surface area contributed by atoms with Crippen molar-refractivity contribution >= 4 is 17.5 Å². The minimum atomic E-state index is -0.228. The first kappa shape index (κ1) is 15.0. The van der Waals surface area contributed by atoms with E-state index in [9.17, 15) is 4.79 Å². The number of benzene rings is 2. The Morgan fingerprint density at radius 2 is 1.82 bits per heavy atom. The van der Waals surface area contributed by atoms with Gasteiger partial charge in [-0.25, -0.2) is 0 Å². The van der Waals surface area contributed by atoms with Crippen molar-refractivity contribution in [3.8, 4) is 0 Å². The van der Waals surface area contributed by atoms with Gasteiger partial charge >= 0.3 is 0 Å². The summed E-state index contributed by atoms with van der Waals surface area (Å²) in [5.41, 5.74) is 2.01. The number of halogens is 1. The maximum absolute atomic E-state index is 12.2. The quantitative estimate of drug-likeness (QED) is 0.868. The monoisotopic (exact) mass is 316 g/mol. The van der Waals surface area contributed by atoms with E-state index >= 15 is 0 Å². The molecule has 1 saturated heterocycles. The van der Waals surface area contributed by atoms with E-state index in [1.54, 1.807) is 0 Å². The molecule has 1 aliphatic heterocycles. The fourth-order valence-corrected chi connectivity index (χ4v) is 2.70. The lowest BCUT2D eigenvalue weighted by molar-refractivity contribution is -0.203. The maximum Gasteiger partial charge on any atom is 0.262 e. The van der Waals surface area contributed by atoms with Crippen molar-refractivity contribution in [2.45, 2.75) is 12.8 Å². The number of carbonyl (C=O) groups is 1. The average Bonchev–Trinajstić information content (AvgIpc) is 2.81. The summed E-state index contributed by atoms with van der Waals surface area (Å²) in [7, 11) is 1.91. The van der Waals surface area contributed by atoms with Crippen LogP contribution in [-0.4, -0.2) is 29.5 Å². The third-order valence-corrected chi connectivity index (χ3v) is 3.90. The average molecular weight is 317 g/mol. The molecule has 1 unspecified atom stereocenters. The van der Waals surface area contributed by atoms with Crippen LogP contribution in [0, 0.1) is 0 Å². The first-order valence-electron chi connectivity index (χ1n) is 7.10. The standard InChI is InChI=1S/C17H17ClN2O2/c1-19-11-16(21)20(22-12-13-5-3-2-4-6-13)17(19)14-7-9-15(18)10-8-14/h2-10,17H,11-12H2,1H3. The van der Waals surface area contributed by atoms with Crippen molar-refractivity contribution in [3.05, 3.63) is 70.7 Å². The van der Waals surface area contributed by atoms with Crippen LogP contribution in [0.5, 0.6) is 0 Å². The number of nitrogens with zero attached hydrogens (tertiary/aromatic N) is 2. The summed E-state index contributed by atoms with van der Waals surface area (Å²) in [6.45, 7) is 0.701. The molecule has 1 amide bonds. The minimum absolute atomic E-state index is 0.0432. The Kier molecular flexibility index (Phi) is 4.43. The molecule has 0 aromatic heterocycles. The van der Waals surface area contributed by atoms with Gasteiger partial charge in [-0.05, 0) is 30.3 Å². The summed E-state index contributed by atoms with van der Waals surface area (Å²) in [6.07, 6.45) is -0.228. The molecule has 0 N–H and O–H groups in total. The minimum Gasteiger partial charge on any atom is -0.271 e. The van der Waals surface area contributed by atoms with Crippen LogP contribution in [0.2, 0.25) is 5.02 Å². The lowest BCUT2D eigenvalue weighted by Crippen LogP contribution is -2.31. The molecule has 4 nitrogen and oxygen atoms in total. The van der Waals surface area contributed by atoms with Crippen LogP contribution < -0.4 is 0 Å². The molecule has 2 aromatic carbocycles. The summed E-state index contributed by atoms with van der Waals surface area (Å²) in [5, 5.41) is 2.13. The van der Waals surface area contributed by atoms with Gasteiger partial charge in [-0.1, -0.05) is 54.1 Å². The molecule has 5 heteroatoms. The number of carbonyl (C=O) groups excluding carboxylic acids is 1. The van der Waals surface area contributed by atoms with Gasteiger partial charge in [-0.3, -0.25) is 14.5 Å². The van der Waals surface area contributed by atoms with Gasteiger partial charge in [0.05, 0.1) is 6.54 Å². The molecule has 22 heavy (non-hydrogen) atoms. The van der Waals surface area contributed by atoms with Crippen molar-refractivity contribution < 1.29 is 9.63 Å². The number of likely N-dealkylation sites (N-methyl/N-ethyl adjacent to an activating group) is 1. The Bertz CT molecular complexity index is 645. The zero-order chi connectivity index (χ0) is 15.5. The van der Waals surface area contributed by atoms with Gasteiger partial charge < -0.3 is 0 Å². The first-order valence-corrected chi connectivity index (χ1v) is 7.47. The number of hydroxylamine groups is 2. The fourth-order valence-electron chi connectivity index (χ4n) is 2.57. The highest BCUT2D eigenvalue weighted by Gasteiger charge is 2.37. The largest absolute Gasteiger partial charge is 0.271 e. The highest BCUT2D eigenvalue weighted by Crippen LogP contribution is 2.30. The van der Waals surface area contributed by atoms with Gasteiger partial charge in [0, 0.05) is 5.02 Å². The van der Waals surface area contributed by atoms with E-state index in [4.69, 9.17) is 16.4 Å². The van der Waals surface area contributed by atoms with Crippen molar-refractivity contribution in [2.75, 3.05) is 13.6 Å². The third kappa shape index (κ3) is 3.14. The molecular formula is C17H17ClN2O2. The van der Waals surface area contributed by atoms with Gasteiger partial charge in [-0.2, -0.15) is 5.06 Å². The highest BCUT2D eigenvalue weighted by atomic mass is 35.5. The number of hydrogen-bond donors (Lipinski definition) is 0. The topological polar surface area (TPSA) is 32.8 Å². The van der Waals surface area contributed by atoms with Gasteiger partial charge in [0.1, 0.15) is 12.8 Å². The molecule has 0 aliphatic carbocycles. The zero-order valence-electron chi connectivity index (χ0n) is 12.3. The lowest BCUT2D eigenvalue weighted by Gasteiger charge is -2.27. The Hall–Kier alpha value is -1.88. The van der Waals surface area contributed by atoms with Crippen LogP contribution >= 0.6 is 11.6 Å². The second-order valence-electron chi connectivity index (χ2n) is 5.32. The lowest BCUT2D eigenvalue weighted by atomic mass is 10.1. The molecule has 0 radical (unpaired) electrons. The Balaban J connectivity index is 1.77. The van der Waals surface area contributed by atoms with Crippen molar-refractivity contribution in [1.29, 1.82) is 0 Å². The van der Waals surface area contributed by atoms with Crippen molar-refractivity contribution in [1.82, 2.24) is 9.96 Å². The Morgan fingerprint density at radius 1 is 1.14 bits per heavy atom. The van der Waals surface area contributed by atoms with Crippen LogP contribution in [-0.2, 0) is 16.2 Å². The SMILES string of the molecule is CN1CC(=O)N(OCc2ccccc2)C1c1ccc(Cl)cc1. The van der Waals surface area contributed by atoms with E-state index in [0.717, 1.165) is 11.1 Å². The molecule has 1 fully saturated rings. The summed E-state index contributed by atoms with van der Waals surface area (Å²) < 4.78 is 0. The molecule has 0 spiro atoms. The van der Waals surface area contributed by atoms with Gasteiger partial charge in [0.25, 0.3) is 5.91 Å². The van der Waals surface area contributed by atoms with Gasteiger partial charge in [0.2, 0.25) is 0 Å². The molecule has 3 rings (SSSR count). The van der Waals surface area contributed by atoms with Crippen molar-refractivity contribution in [3.63, 3.8) is 0 Å². The van der Waals surface area contributed by atoms with E-state index in [0.29, 0.717) is 18.2 Å². The summed E-state index contributed by atoms with van der Waals surface area (Å²) in [5.74, 6) is -0.0432. The fraction of sp³-hybridized carbons (Fsp3) is 0.235. The van der Waals surface area contributed by atoms with Crippen LogP contribution in [0.1, 0.15) is 17.3 Å². The normalized spacial score (nSPS) is 18.9. The molecule has 1 aliphatic rings. The van der Waals surface area contributed by atoms with E-state index in [1.807, 2.05) is 66.5 Å². The summed E-state index contributed by atoms with van der Waals surface area (Å²) >= 11 is 5.94. The number of rotatable bonds is 4. The molecule has 1 heterocycles. The second kappa shape index (κ2) is 6.48. The number of hydrogen-bond acceptors (Lipinski definition) is 3. The smallest absolute Gasteiger partial charge is 0.262 e. The summed E-state index contributed by atoms with van der Waals surface area (Å²) in [4.78, 5) is 19.9. The molecule has 0 bridgehead atoms. The zero-order valence-corrected chi connectivity index (χ0v) is 13.0. The van der Waals surface area contributed by atoms with Gasteiger partial charge in [-0.15, -0.1) is 0 Å². The molecule has 114 valence electrons. The van der Waals surface area contributed by atoms with E-state index in [1.165, 1.54) is 5.06 Å². The first-order chi connectivity index (χ1) is 10.6. The summed E-state index contributed by atoms with van der Waals surface area (Å²) in [6, 6.07) is 17.3. The van der Waals surface area contributed by atoms with E-state index in [-0.39, 0.29) is 12.1 Å². The number of amides is 1. The predicted molar refractivity (Wildman–Crippen MR) is 84.9 cm³/mol.